The quantitative estimate of drug-likeness (QED) is 0.906. The Morgan fingerprint density at radius 1 is 1.32 bits per heavy atom. The molecule has 7 heteroatoms. The van der Waals surface area contributed by atoms with E-state index in [-0.39, 0.29) is 5.75 Å². The van der Waals surface area contributed by atoms with Crippen LogP contribution >= 0.6 is 11.3 Å². The van der Waals surface area contributed by atoms with E-state index < -0.39 is 21.0 Å². The topological polar surface area (TPSA) is 76.1 Å². The van der Waals surface area contributed by atoms with Gasteiger partial charge < -0.3 is 5.32 Å². The molecule has 1 N–H and O–H groups in total. The van der Waals surface area contributed by atoms with Crippen LogP contribution in [-0.4, -0.2) is 31.6 Å². The van der Waals surface area contributed by atoms with Gasteiger partial charge in [0.1, 0.15) is 10.3 Å². The van der Waals surface area contributed by atoms with Crippen LogP contribution < -0.4 is 5.32 Å². The van der Waals surface area contributed by atoms with Crippen LogP contribution in [0, 0.1) is 6.92 Å². The maximum absolute atomic E-state index is 12.3. The van der Waals surface area contributed by atoms with Crippen molar-refractivity contribution in [3.8, 4) is 10.6 Å². The Kier molecular flexibility index (Phi) is 4.97. The summed E-state index contributed by atoms with van der Waals surface area (Å²) < 4.78 is 24.6. The second-order valence-electron chi connectivity index (χ2n) is 4.96. The van der Waals surface area contributed by atoms with Crippen molar-refractivity contribution in [3.05, 3.63) is 40.9 Å². The number of thiazole rings is 1. The third-order valence-corrected chi connectivity index (χ3v) is 6.77. The predicted molar refractivity (Wildman–Crippen MR) is 88.4 cm³/mol. The number of nitrogens with zero attached hydrogens (tertiary/aromatic N) is 1. The number of amides is 1. The molecular weight excluding hydrogens is 320 g/mol. The summed E-state index contributed by atoms with van der Waals surface area (Å²) in [6.45, 7) is 3.20. The van der Waals surface area contributed by atoms with E-state index in [1.807, 2.05) is 30.3 Å². The summed E-state index contributed by atoms with van der Waals surface area (Å²) in [5.41, 5.74) is 1.65. The molecule has 5 nitrogen and oxygen atoms in total. The SMILES string of the molecule is CNC(=O)C(C)S(=O)(=O)Cc1sc(-c2ccccc2)nc1C. The molecule has 0 aliphatic heterocycles. The van der Waals surface area contributed by atoms with Gasteiger partial charge in [0.15, 0.2) is 9.84 Å². The highest BCUT2D eigenvalue weighted by Crippen LogP contribution is 2.29. The molecule has 0 radical (unpaired) electrons. The summed E-state index contributed by atoms with van der Waals surface area (Å²) in [5.74, 6) is -0.664. The molecule has 1 atom stereocenters. The van der Waals surface area contributed by atoms with E-state index in [2.05, 4.69) is 10.3 Å². The van der Waals surface area contributed by atoms with Crippen molar-refractivity contribution >= 4 is 27.1 Å². The summed E-state index contributed by atoms with van der Waals surface area (Å²) in [6.07, 6.45) is 0. The number of carbonyl (C=O) groups is 1. The molecule has 1 unspecified atom stereocenters. The molecule has 2 rings (SSSR count). The summed E-state index contributed by atoms with van der Waals surface area (Å²) in [7, 11) is -2.13. The van der Waals surface area contributed by atoms with Gasteiger partial charge in [0.2, 0.25) is 5.91 Å². The first-order valence-corrected chi connectivity index (χ1v) is 9.33. The summed E-state index contributed by atoms with van der Waals surface area (Å²) in [6, 6.07) is 9.61. The maximum Gasteiger partial charge on any atom is 0.237 e. The number of carbonyl (C=O) groups excluding carboxylic acids is 1. The molecule has 1 aromatic carbocycles. The highest BCUT2D eigenvalue weighted by Gasteiger charge is 2.29. The lowest BCUT2D eigenvalue weighted by atomic mass is 10.2. The molecule has 0 saturated heterocycles. The number of nitrogens with one attached hydrogen (secondary N) is 1. The third kappa shape index (κ3) is 3.53. The Morgan fingerprint density at radius 2 is 1.95 bits per heavy atom. The number of sulfone groups is 1. The van der Waals surface area contributed by atoms with Gasteiger partial charge in [-0.1, -0.05) is 30.3 Å². The first kappa shape index (κ1) is 16.6. The molecule has 1 amide bonds. The minimum atomic E-state index is -3.56. The standard InChI is InChI=1S/C15H18N2O3S2/c1-10-13(9-22(19,20)11(2)14(18)16-3)21-15(17-10)12-7-5-4-6-8-12/h4-8,11H,9H2,1-3H3,(H,16,18). The first-order valence-electron chi connectivity index (χ1n) is 6.80. The fourth-order valence-corrected chi connectivity index (χ4v) is 4.80. The second kappa shape index (κ2) is 6.58. The van der Waals surface area contributed by atoms with E-state index in [0.29, 0.717) is 10.6 Å². The van der Waals surface area contributed by atoms with E-state index >= 15 is 0 Å². The van der Waals surface area contributed by atoms with Gasteiger partial charge in [-0.3, -0.25) is 4.79 Å². The molecule has 0 aliphatic rings. The second-order valence-corrected chi connectivity index (χ2v) is 8.36. The highest BCUT2D eigenvalue weighted by atomic mass is 32.2. The molecule has 0 bridgehead atoms. The Hall–Kier alpha value is -1.73. The molecular formula is C15H18N2O3S2. The fourth-order valence-electron chi connectivity index (χ4n) is 1.94. The number of aryl methyl sites for hydroxylation is 1. The summed E-state index contributed by atoms with van der Waals surface area (Å²) >= 11 is 1.35. The van der Waals surface area contributed by atoms with E-state index in [9.17, 15) is 13.2 Å². The van der Waals surface area contributed by atoms with Crippen molar-refractivity contribution in [1.29, 1.82) is 0 Å². The Labute approximate surface area is 134 Å². The van der Waals surface area contributed by atoms with Crippen molar-refractivity contribution in [1.82, 2.24) is 10.3 Å². The van der Waals surface area contributed by atoms with Crippen LogP contribution in [0.4, 0.5) is 0 Å². The Bertz CT molecular complexity index is 767. The fraction of sp³-hybridized carbons (Fsp3) is 0.333. The van der Waals surface area contributed by atoms with Gasteiger partial charge in [-0.15, -0.1) is 11.3 Å². The molecule has 0 spiro atoms. The normalized spacial score (nSPS) is 12.9. The summed E-state index contributed by atoms with van der Waals surface area (Å²) in [4.78, 5) is 16.7. The van der Waals surface area contributed by atoms with Crippen LogP contribution in [0.2, 0.25) is 0 Å². The lowest BCUT2D eigenvalue weighted by Gasteiger charge is -2.10. The highest BCUT2D eigenvalue weighted by molar-refractivity contribution is 7.92. The van der Waals surface area contributed by atoms with E-state index in [4.69, 9.17) is 0 Å². The predicted octanol–water partition coefficient (Wildman–Crippen LogP) is 2.17. The van der Waals surface area contributed by atoms with Crippen LogP contribution in [0.15, 0.2) is 30.3 Å². The Balaban J connectivity index is 2.28. The zero-order chi connectivity index (χ0) is 16.3. The first-order chi connectivity index (χ1) is 10.3. The number of benzene rings is 1. The van der Waals surface area contributed by atoms with Crippen molar-refractivity contribution in [3.63, 3.8) is 0 Å². The van der Waals surface area contributed by atoms with Gasteiger partial charge in [0.05, 0.1) is 11.4 Å². The van der Waals surface area contributed by atoms with Gasteiger partial charge in [-0.2, -0.15) is 0 Å². The largest absolute Gasteiger partial charge is 0.358 e. The zero-order valence-electron chi connectivity index (χ0n) is 12.7. The monoisotopic (exact) mass is 338 g/mol. The van der Waals surface area contributed by atoms with Crippen molar-refractivity contribution < 1.29 is 13.2 Å². The minimum Gasteiger partial charge on any atom is -0.358 e. The van der Waals surface area contributed by atoms with Crippen molar-refractivity contribution in [2.24, 2.45) is 0 Å². The van der Waals surface area contributed by atoms with Crippen molar-refractivity contribution in [2.75, 3.05) is 7.05 Å². The van der Waals surface area contributed by atoms with Crippen LogP contribution in [-0.2, 0) is 20.4 Å². The molecule has 0 aliphatic carbocycles. The van der Waals surface area contributed by atoms with Crippen molar-refractivity contribution in [2.45, 2.75) is 24.9 Å². The average molecular weight is 338 g/mol. The number of hydrogen-bond donors (Lipinski definition) is 1. The van der Waals surface area contributed by atoms with Gasteiger partial charge in [0, 0.05) is 17.5 Å². The molecule has 0 saturated carbocycles. The van der Waals surface area contributed by atoms with Crippen LogP contribution in [0.5, 0.6) is 0 Å². The van der Waals surface area contributed by atoms with Crippen LogP contribution in [0.1, 0.15) is 17.5 Å². The van der Waals surface area contributed by atoms with E-state index in [1.165, 1.54) is 25.3 Å². The molecule has 118 valence electrons. The van der Waals surface area contributed by atoms with Gasteiger partial charge in [0.25, 0.3) is 0 Å². The van der Waals surface area contributed by atoms with E-state index in [0.717, 1.165) is 10.6 Å². The van der Waals surface area contributed by atoms with Gasteiger partial charge in [-0.25, -0.2) is 13.4 Å². The van der Waals surface area contributed by atoms with Crippen LogP contribution in [0.3, 0.4) is 0 Å². The summed E-state index contributed by atoms with van der Waals surface area (Å²) in [5, 5.41) is 2.09. The molecule has 1 aromatic heterocycles. The minimum absolute atomic E-state index is 0.169. The lowest BCUT2D eigenvalue weighted by Crippen LogP contribution is -2.36. The zero-order valence-corrected chi connectivity index (χ0v) is 14.3. The van der Waals surface area contributed by atoms with Gasteiger partial charge in [-0.05, 0) is 13.8 Å². The molecule has 0 fully saturated rings. The number of aromatic nitrogens is 1. The molecule has 1 heterocycles. The maximum atomic E-state index is 12.3. The van der Waals surface area contributed by atoms with E-state index in [1.54, 1.807) is 6.92 Å². The third-order valence-electron chi connectivity index (χ3n) is 3.40. The smallest absolute Gasteiger partial charge is 0.237 e. The number of hydrogen-bond acceptors (Lipinski definition) is 5. The Morgan fingerprint density at radius 3 is 2.55 bits per heavy atom. The van der Waals surface area contributed by atoms with Gasteiger partial charge >= 0.3 is 0 Å². The number of rotatable bonds is 5. The average Bonchev–Trinajstić information content (AvgIpc) is 2.87. The lowest BCUT2D eigenvalue weighted by molar-refractivity contribution is -0.119. The van der Waals surface area contributed by atoms with Crippen LogP contribution in [0.25, 0.3) is 10.6 Å². The molecule has 22 heavy (non-hydrogen) atoms. The molecule has 2 aromatic rings.